The maximum Gasteiger partial charge on any atom is 0.242 e. The highest BCUT2D eigenvalue weighted by atomic mass is 32.2. The van der Waals surface area contributed by atoms with Crippen molar-refractivity contribution in [3.8, 4) is 6.07 Å². The minimum absolute atomic E-state index is 0.0995. The second kappa shape index (κ2) is 7.38. The molecule has 3 rings (SSSR count). The molecule has 25 heavy (non-hydrogen) atoms. The number of hydrogen-bond donors (Lipinski definition) is 1. The van der Waals surface area contributed by atoms with Crippen molar-refractivity contribution in [2.24, 2.45) is 0 Å². The lowest BCUT2D eigenvalue weighted by Crippen LogP contribution is -2.45. The van der Waals surface area contributed by atoms with Crippen LogP contribution in [0.15, 0.2) is 53.4 Å². The fraction of sp³-hybridized carbons (Fsp3) is 0.167. The molecule has 0 radical (unpaired) electrons. The number of rotatable bonds is 5. The number of hydroxylamine groups is 2. The molecule has 1 aliphatic rings. The van der Waals surface area contributed by atoms with Gasteiger partial charge in [-0.25, -0.2) is 5.06 Å². The van der Waals surface area contributed by atoms with Crippen LogP contribution in [0.4, 0.5) is 5.69 Å². The van der Waals surface area contributed by atoms with E-state index >= 15 is 0 Å². The molecule has 6 nitrogen and oxygen atoms in total. The largest absolute Gasteiger partial charge is 0.306 e. The molecule has 0 spiro atoms. The van der Waals surface area contributed by atoms with Gasteiger partial charge < -0.3 is 4.90 Å². The summed E-state index contributed by atoms with van der Waals surface area (Å²) in [5, 5.41) is 18.6. The maximum absolute atomic E-state index is 12.9. The normalized spacial score (nSPS) is 16.1. The molecular formula is C18H15N3O3S. The van der Waals surface area contributed by atoms with Gasteiger partial charge in [0.15, 0.2) is 0 Å². The Morgan fingerprint density at radius 1 is 1.24 bits per heavy atom. The molecule has 2 aromatic carbocycles. The number of thioether (sulfide) groups is 1. The van der Waals surface area contributed by atoms with Crippen molar-refractivity contribution < 1.29 is 14.8 Å². The van der Waals surface area contributed by atoms with Crippen molar-refractivity contribution in [1.82, 2.24) is 5.06 Å². The van der Waals surface area contributed by atoms with Crippen molar-refractivity contribution in [2.75, 3.05) is 11.4 Å². The minimum Gasteiger partial charge on any atom is -0.306 e. The summed E-state index contributed by atoms with van der Waals surface area (Å²) in [5.41, 5.74) is 2.02. The lowest BCUT2D eigenvalue weighted by molar-refractivity contribution is -0.150. The second-order valence-electron chi connectivity index (χ2n) is 5.49. The van der Waals surface area contributed by atoms with Crippen molar-refractivity contribution in [3.63, 3.8) is 0 Å². The summed E-state index contributed by atoms with van der Waals surface area (Å²) in [6.07, 6.45) is 0.281. The van der Waals surface area contributed by atoms with E-state index in [1.807, 2.05) is 36.4 Å². The number of carbonyl (C=O) groups excluding carboxylic acids is 2. The summed E-state index contributed by atoms with van der Waals surface area (Å²) >= 11 is 1.32. The average molecular weight is 353 g/mol. The zero-order valence-electron chi connectivity index (χ0n) is 13.2. The monoisotopic (exact) mass is 353 g/mol. The first kappa shape index (κ1) is 17.0. The summed E-state index contributed by atoms with van der Waals surface area (Å²) in [4.78, 5) is 26.1. The number of hydrogen-bond acceptors (Lipinski definition) is 5. The highest BCUT2D eigenvalue weighted by Gasteiger charge is 2.34. The Balaban J connectivity index is 1.96. The number of amides is 2. The van der Waals surface area contributed by atoms with Crippen LogP contribution in [0, 0.1) is 11.3 Å². The smallest absolute Gasteiger partial charge is 0.242 e. The Kier molecular flexibility index (Phi) is 5.03. The molecule has 2 amide bonds. The number of nitrogens with zero attached hydrogens (tertiary/aromatic N) is 3. The molecular weight excluding hydrogens is 338 g/mol. The number of benzene rings is 2. The predicted octanol–water partition coefficient (Wildman–Crippen LogP) is 2.41. The first-order chi connectivity index (χ1) is 12.1. The van der Waals surface area contributed by atoms with Crippen molar-refractivity contribution >= 4 is 29.8 Å². The highest BCUT2D eigenvalue weighted by Crippen LogP contribution is 2.40. The molecule has 126 valence electrons. The van der Waals surface area contributed by atoms with Crippen LogP contribution >= 0.6 is 11.8 Å². The van der Waals surface area contributed by atoms with Gasteiger partial charge in [-0.2, -0.15) is 5.26 Å². The highest BCUT2D eigenvalue weighted by molar-refractivity contribution is 8.01. The minimum atomic E-state index is -0.612. The van der Waals surface area contributed by atoms with Crippen LogP contribution in [0.5, 0.6) is 0 Å². The molecule has 1 heterocycles. The van der Waals surface area contributed by atoms with Gasteiger partial charge in [0.05, 0.1) is 30.4 Å². The van der Waals surface area contributed by atoms with Crippen LogP contribution in [0.25, 0.3) is 0 Å². The predicted molar refractivity (Wildman–Crippen MR) is 93.0 cm³/mol. The molecule has 1 unspecified atom stereocenters. The lowest BCUT2D eigenvalue weighted by atomic mass is 10.1. The molecule has 0 saturated heterocycles. The summed E-state index contributed by atoms with van der Waals surface area (Å²) in [7, 11) is 0. The Morgan fingerprint density at radius 2 is 1.96 bits per heavy atom. The van der Waals surface area contributed by atoms with E-state index in [1.165, 1.54) is 11.8 Å². The average Bonchev–Trinajstić information content (AvgIpc) is 2.65. The molecule has 1 N–H and O–H groups in total. The van der Waals surface area contributed by atoms with Gasteiger partial charge in [0.1, 0.15) is 5.25 Å². The maximum atomic E-state index is 12.9. The Morgan fingerprint density at radius 3 is 2.72 bits per heavy atom. The van der Waals surface area contributed by atoms with E-state index in [4.69, 9.17) is 0 Å². The van der Waals surface area contributed by atoms with Crippen LogP contribution in [0.3, 0.4) is 0 Å². The van der Waals surface area contributed by atoms with Gasteiger partial charge in [-0.15, -0.1) is 11.8 Å². The second-order valence-corrected chi connectivity index (χ2v) is 6.74. The van der Waals surface area contributed by atoms with E-state index in [2.05, 4.69) is 6.07 Å². The standard InChI is InChI=1S/C18H15N3O3S/c19-9-13-5-1-2-6-14(13)10-21-15-7-3-4-8-16(15)25-17(18(21)23)11-20(24)12-22/h1-8,12,17,24H,10-11H2. The number of fused-ring (bicyclic) bond motifs is 1. The van der Waals surface area contributed by atoms with E-state index in [1.54, 1.807) is 17.0 Å². The molecule has 2 aromatic rings. The third-order valence-corrected chi connectivity index (χ3v) is 5.14. The Labute approximate surface area is 149 Å². The number of anilines is 1. The number of carbonyl (C=O) groups is 2. The fourth-order valence-electron chi connectivity index (χ4n) is 2.70. The zero-order chi connectivity index (χ0) is 17.8. The van der Waals surface area contributed by atoms with Crippen molar-refractivity contribution in [1.29, 1.82) is 5.26 Å². The molecule has 1 atom stereocenters. The van der Waals surface area contributed by atoms with Gasteiger partial charge in [-0.1, -0.05) is 30.3 Å². The zero-order valence-corrected chi connectivity index (χ0v) is 14.0. The van der Waals surface area contributed by atoms with Gasteiger partial charge in [0.25, 0.3) is 0 Å². The van der Waals surface area contributed by atoms with E-state index in [0.29, 0.717) is 10.6 Å². The first-order valence-corrected chi connectivity index (χ1v) is 8.48. The van der Waals surface area contributed by atoms with E-state index in [0.717, 1.165) is 16.1 Å². The molecule has 7 heteroatoms. The Hall–Kier alpha value is -2.82. The van der Waals surface area contributed by atoms with Gasteiger partial charge in [0.2, 0.25) is 12.3 Å². The summed E-state index contributed by atoms with van der Waals surface area (Å²) in [6.45, 7) is 0.154. The number of para-hydroxylation sites is 1. The third-order valence-electron chi connectivity index (χ3n) is 3.91. The van der Waals surface area contributed by atoms with Gasteiger partial charge in [0, 0.05) is 4.90 Å². The third kappa shape index (κ3) is 3.50. The van der Waals surface area contributed by atoms with Gasteiger partial charge in [-0.05, 0) is 23.8 Å². The topological polar surface area (TPSA) is 84.6 Å². The van der Waals surface area contributed by atoms with Crippen LogP contribution in [0.2, 0.25) is 0 Å². The summed E-state index contributed by atoms with van der Waals surface area (Å²) in [6, 6.07) is 16.7. The van der Waals surface area contributed by atoms with Crippen molar-refractivity contribution in [2.45, 2.75) is 16.7 Å². The van der Waals surface area contributed by atoms with Crippen LogP contribution in [-0.4, -0.2) is 34.4 Å². The van der Waals surface area contributed by atoms with Crippen LogP contribution in [0.1, 0.15) is 11.1 Å². The molecule has 0 fully saturated rings. The Bertz CT molecular complexity index is 849. The fourth-order valence-corrected chi connectivity index (χ4v) is 3.92. The molecule has 0 aromatic heterocycles. The molecule has 1 aliphatic heterocycles. The van der Waals surface area contributed by atoms with E-state index in [-0.39, 0.29) is 25.4 Å². The van der Waals surface area contributed by atoms with Crippen molar-refractivity contribution in [3.05, 3.63) is 59.7 Å². The van der Waals surface area contributed by atoms with Gasteiger partial charge in [-0.3, -0.25) is 14.8 Å². The van der Waals surface area contributed by atoms with E-state index in [9.17, 15) is 20.1 Å². The summed E-state index contributed by atoms with van der Waals surface area (Å²) in [5.74, 6) is -0.211. The van der Waals surface area contributed by atoms with Crippen LogP contribution in [-0.2, 0) is 16.1 Å². The summed E-state index contributed by atoms with van der Waals surface area (Å²) < 4.78 is 0. The quantitative estimate of drug-likeness (QED) is 0.507. The molecule has 0 saturated carbocycles. The van der Waals surface area contributed by atoms with Gasteiger partial charge >= 0.3 is 0 Å². The molecule has 0 bridgehead atoms. The lowest BCUT2D eigenvalue weighted by Gasteiger charge is -2.34. The number of nitriles is 1. The van der Waals surface area contributed by atoms with E-state index < -0.39 is 5.25 Å². The molecule has 0 aliphatic carbocycles. The van der Waals surface area contributed by atoms with Crippen LogP contribution < -0.4 is 4.90 Å². The SMILES string of the molecule is N#Cc1ccccc1CN1C(=O)C(CN(O)C=O)Sc2ccccc21. The first-order valence-electron chi connectivity index (χ1n) is 7.60.